The Kier molecular flexibility index (Phi) is 5.49. The maximum Gasteiger partial charge on any atom is 0.525 e. The Balaban J connectivity index is 2.10. The summed E-state index contributed by atoms with van der Waals surface area (Å²) in [5.74, 6) is 0. The molecule has 0 aliphatic carbocycles. The lowest BCUT2D eigenvalue weighted by Gasteiger charge is -2.32. The van der Waals surface area contributed by atoms with E-state index in [4.69, 9.17) is 14.0 Å². The number of halogens is 1. The number of nitrogens with one attached hydrogen (secondary N) is 1. The molecular weight excluding hydrogens is 338 g/mol. The van der Waals surface area contributed by atoms with Crippen LogP contribution in [0, 0.1) is 0 Å². The van der Waals surface area contributed by atoms with Crippen LogP contribution < -0.4 is 5.32 Å². The van der Waals surface area contributed by atoms with Crippen molar-refractivity contribution in [3.05, 3.63) is 29.7 Å². The van der Waals surface area contributed by atoms with E-state index in [-0.39, 0.29) is 0 Å². The molecule has 0 bridgehead atoms. The van der Waals surface area contributed by atoms with Crippen molar-refractivity contribution in [2.75, 3.05) is 5.32 Å². The number of rotatable bonds is 3. The van der Waals surface area contributed by atoms with Gasteiger partial charge in [0.15, 0.2) is 0 Å². The number of anilines is 1. The van der Waals surface area contributed by atoms with Crippen LogP contribution in [0.5, 0.6) is 0 Å². The molecule has 2 heterocycles. The Bertz CT molecular complexity index is 697. The van der Waals surface area contributed by atoms with Gasteiger partial charge in [-0.25, -0.2) is 9.18 Å². The lowest BCUT2D eigenvalue weighted by molar-refractivity contribution is 0.00578. The SMILES string of the molecule is CC(C)(C)OC(=O)Nc1cncc(C=C(F)B2OC(C)(C)C(C)(C)O2)c1. The fourth-order valence-corrected chi connectivity index (χ4v) is 2.21. The summed E-state index contributed by atoms with van der Waals surface area (Å²) in [5.41, 5.74) is -1.57. The van der Waals surface area contributed by atoms with Crippen LogP contribution in [-0.4, -0.2) is 35.0 Å². The highest BCUT2D eigenvalue weighted by molar-refractivity contribution is 6.54. The quantitative estimate of drug-likeness (QED) is 0.807. The van der Waals surface area contributed by atoms with Gasteiger partial charge in [0.2, 0.25) is 0 Å². The Morgan fingerprint density at radius 3 is 2.35 bits per heavy atom. The van der Waals surface area contributed by atoms with E-state index in [0.29, 0.717) is 11.3 Å². The monoisotopic (exact) mass is 364 g/mol. The lowest BCUT2D eigenvalue weighted by Crippen LogP contribution is -2.41. The third kappa shape index (κ3) is 5.05. The zero-order valence-electron chi connectivity index (χ0n) is 16.3. The number of hydrogen-bond acceptors (Lipinski definition) is 5. The molecule has 0 radical (unpaired) electrons. The van der Waals surface area contributed by atoms with Gasteiger partial charge in [-0.15, -0.1) is 0 Å². The highest BCUT2D eigenvalue weighted by Gasteiger charge is 2.53. The first kappa shape index (κ1) is 20.4. The number of pyridine rings is 1. The van der Waals surface area contributed by atoms with Gasteiger partial charge in [-0.3, -0.25) is 10.3 Å². The van der Waals surface area contributed by atoms with E-state index in [0.717, 1.165) is 0 Å². The Labute approximate surface area is 154 Å². The molecule has 0 unspecified atom stereocenters. The number of nitrogens with zero attached hydrogens (tertiary/aromatic N) is 1. The molecule has 1 N–H and O–H groups in total. The van der Waals surface area contributed by atoms with Crippen molar-refractivity contribution in [2.24, 2.45) is 0 Å². The van der Waals surface area contributed by atoms with E-state index in [1.54, 1.807) is 26.8 Å². The summed E-state index contributed by atoms with van der Waals surface area (Å²) < 4.78 is 31.1. The standard InChI is InChI=1S/C18H26BFN2O4/c1-16(2,3)24-15(23)22-13-8-12(10-21-11-13)9-14(20)19-25-17(4,5)18(6,7)26-19/h8-11H,1-7H3,(H,22,23). The van der Waals surface area contributed by atoms with Crippen molar-refractivity contribution in [2.45, 2.75) is 65.3 Å². The van der Waals surface area contributed by atoms with Crippen LogP contribution in [0.4, 0.5) is 14.9 Å². The summed E-state index contributed by atoms with van der Waals surface area (Å²) >= 11 is 0. The molecule has 1 amide bonds. The molecule has 1 aliphatic rings. The van der Waals surface area contributed by atoms with E-state index in [9.17, 15) is 9.18 Å². The first-order valence-corrected chi connectivity index (χ1v) is 8.47. The summed E-state index contributed by atoms with van der Waals surface area (Å²) in [6.45, 7) is 12.7. The molecule has 0 aromatic carbocycles. The summed E-state index contributed by atoms with van der Waals surface area (Å²) in [5, 5.41) is 2.57. The number of ether oxygens (including phenoxy) is 1. The molecule has 2 rings (SSSR count). The molecule has 0 spiro atoms. The fourth-order valence-electron chi connectivity index (χ4n) is 2.21. The molecule has 1 aromatic rings. The van der Waals surface area contributed by atoms with Gasteiger partial charge < -0.3 is 14.0 Å². The summed E-state index contributed by atoms with van der Waals surface area (Å²) in [6, 6.07) is 1.59. The molecular formula is C18H26BFN2O4. The summed E-state index contributed by atoms with van der Waals surface area (Å²) in [4.78, 5) is 15.8. The van der Waals surface area contributed by atoms with Crippen LogP contribution >= 0.6 is 0 Å². The largest absolute Gasteiger partial charge is 0.525 e. The lowest BCUT2D eigenvalue weighted by atomic mass is 9.87. The second kappa shape index (κ2) is 7.00. The zero-order valence-corrected chi connectivity index (χ0v) is 16.3. The minimum atomic E-state index is -1.08. The van der Waals surface area contributed by atoms with Crippen molar-refractivity contribution < 1.29 is 23.2 Å². The minimum Gasteiger partial charge on any atom is -0.444 e. The highest BCUT2D eigenvalue weighted by atomic mass is 19.1. The first-order chi connectivity index (χ1) is 11.8. The number of amides is 1. The molecule has 0 saturated carbocycles. The second-order valence-electron chi connectivity index (χ2n) is 8.25. The van der Waals surface area contributed by atoms with Gasteiger partial charge in [-0.2, -0.15) is 0 Å². The third-order valence-electron chi connectivity index (χ3n) is 4.19. The molecule has 8 heteroatoms. The number of carbonyl (C=O) groups excluding carboxylic acids is 1. The predicted octanol–water partition coefficient (Wildman–Crippen LogP) is 4.37. The fraction of sp³-hybridized carbons (Fsp3) is 0.556. The Morgan fingerprint density at radius 1 is 1.23 bits per heavy atom. The van der Waals surface area contributed by atoms with Gasteiger partial charge in [0.25, 0.3) is 0 Å². The van der Waals surface area contributed by atoms with E-state index < -0.39 is 35.7 Å². The van der Waals surface area contributed by atoms with Crippen molar-refractivity contribution >= 4 is 25.0 Å². The normalized spacial score (nSPS) is 19.4. The van der Waals surface area contributed by atoms with Crippen molar-refractivity contribution in [1.82, 2.24) is 4.98 Å². The smallest absolute Gasteiger partial charge is 0.444 e. The van der Waals surface area contributed by atoms with Gasteiger partial charge in [-0.05, 0) is 66.2 Å². The van der Waals surface area contributed by atoms with Gasteiger partial charge in [-0.1, -0.05) is 0 Å². The van der Waals surface area contributed by atoms with Crippen molar-refractivity contribution in [3.8, 4) is 0 Å². The Morgan fingerprint density at radius 2 is 1.81 bits per heavy atom. The van der Waals surface area contributed by atoms with E-state index in [1.165, 1.54) is 18.5 Å². The molecule has 1 aliphatic heterocycles. The van der Waals surface area contributed by atoms with E-state index in [1.807, 2.05) is 27.7 Å². The minimum absolute atomic E-state index is 0.398. The molecule has 0 atom stereocenters. The van der Waals surface area contributed by atoms with Gasteiger partial charge in [0.1, 0.15) is 11.3 Å². The summed E-state index contributed by atoms with van der Waals surface area (Å²) in [6.07, 6.45) is 3.60. The van der Waals surface area contributed by atoms with Crippen LogP contribution in [0.25, 0.3) is 6.08 Å². The average Bonchev–Trinajstić information content (AvgIpc) is 2.65. The van der Waals surface area contributed by atoms with Crippen molar-refractivity contribution in [3.63, 3.8) is 0 Å². The number of carbonyl (C=O) groups is 1. The maximum absolute atomic E-state index is 14.6. The highest BCUT2D eigenvalue weighted by Crippen LogP contribution is 2.39. The predicted molar refractivity (Wildman–Crippen MR) is 99.3 cm³/mol. The average molecular weight is 364 g/mol. The van der Waals surface area contributed by atoms with Crippen molar-refractivity contribution in [1.29, 1.82) is 0 Å². The van der Waals surface area contributed by atoms with Gasteiger partial charge >= 0.3 is 13.2 Å². The van der Waals surface area contributed by atoms with Crippen LogP contribution in [0.2, 0.25) is 0 Å². The second-order valence-corrected chi connectivity index (χ2v) is 8.25. The summed E-state index contributed by atoms with van der Waals surface area (Å²) in [7, 11) is -1.08. The van der Waals surface area contributed by atoms with E-state index >= 15 is 0 Å². The van der Waals surface area contributed by atoms with Gasteiger partial charge in [0.05, 0.1) is 23.1 Å². The van der Waals surface area contributed by atoms with E-state index in [2.05, 4.69) is 10.3 Å². The molecule has 1 saturated heterocycles. The topological polar surface area (TPSA) is 69.7 Å². The Hall–Kier alpha value is -1.93. The van der Waals surface area contributed by atoms with Crippen LogP contribution in [0.3, 0.4) is 0 Å². The molecule has 26 heavy (non-hydrogen) atoms. The molecule has 142 valence electrons. The zero-order chi connectivity index (χ0) is 19.8. The third-order valence-corrected chi connectivity index (χ3v) is 4.19. The first-order valence-electron chi connectivity index (χ1n) is 8.47. The maximum atomic E-state index is 14.6. The van der Waals surface area contributed by atoms with Gasteiger partial charge in [0, 0.05) is 6.20 Å². The van der Waals surface area contributed by atoms with Crippen LogP contribution in [0.1, 0.15) is 54.0 Å². The van der Waals surface area contributed by atoms with Crippen LogP contribution in [0.15, 0.2) is 24.2 Å². The molecule has 6 nitrogen and oxygen atoms in total. The molecule has 1 fully saturated rings. The van der Waals surface area contributed by atoms with Crippen LogP contribution in [-0.2, 0) is 14.0 Å². The number of aromatic nitrogens is 1. The number of hydrogen-bond donors (Lipinski definition) is 1. The molecule has 1 aromatic heterocycles.